The van der Waals surface area contributed by atoms with Crippen molar-refractivity contribution in [1.29, 1.82) is 0 Å². The molecule has 0 aliphatic heterocycles. The maximum Gasteiger partial charge on any atom is 0.573 e. The highest BCUT2D eigenvalue weighted by molar-refractivity contribution is 6.30. The van der Waals surface area contributed by atoms with Gasteiger partial charge in [-0.15, -0.1) is 13.2 Å². The molecule has 2 aromatic carbocycles. The number of hydrogen-bond donors (Lipinski definition) is 1. The first-order valence-corrected chi connectivity index (χ1v) is 11.5. The summed E-state index contributed by atoms with van der Waals surface area (Å²) in [6, 6.07) is 11.4. The van der Waals surface area contributed by atoms with Gasteiger partial charge in [-0.1, -0.05) is 36.7 Å². The Morgan fingerprint density at radius 3 is 2.41 bits per heavy atom. The molecule has 196 valence electrons. The summed E-state index contributed by atoms with van der Waals surface area (Å²) in [6.45, 7) is 1.55. The molecular weight excluding hydrogens is 517 g/mol. The molecule has 4 rings (SSSR count). The SMILES string of the molecule is CCC(O)Cn1c(=O)c2c(nc(Oc3cccc(OC(F)(F)F)c3)n2Cc2ccc(Cl)cc2)n(C)c1=O. The van der Waals surface area contributed by atoms with Gasteiger partial charge in [-0.3, -0.25) is 18.5 Å². The molecule has 0 saturated heterocycles. The topological polar surface area (TPSA) is 101 Å². The normalized spacial score (nSPS) is 12.6. The summed E-state index contributed by atoms with van der Waals surface area (Å²) >= 11 is 5.98. The maximum atomic E-state index is 13.5. The van der Waals surface area contributed by atoms with Crippen LogP contribution < -0.4 is 20.7 Å². The summed E-state index contributed by atoms with van der Waals surface area (Å²) in [5.41, 5.74) is -0.664. The molecular formula is C24H22ClF3N4O5. The molecule has 0 fully saturated rings. The lowest BCUT2D eigenvalue weighted by Crippen LogP contribution is -2.42. The Morgan fingerprint density at radius 2 is 1.76 bits per heavy atom. The van der Waals surface area contributed by atoms with E-state index in [1.54, 1.807) is 31.2 Å². The van der Waals surface area contributed by atoms with Crippen LogP contribution in [0.2, 0.25) is 5.02 Å². The zero-order valence-electron chi connectivity index (χ0n) is 19.7. The van der Waals surface area contributed by atoms with Gasteiger partial charge < -0.3 is 14.6 Å². The van der Waals surface area contributed by atoms with Crippen LogP contribution in [0, 0.1) is 0 Å². The molecule has 1 atom stereocenters. The Hall–Kier alpha value is -3.77. The average molecular weight is 539 g/mol. The molecule has 0 amide bonds. The maximum absolute atomic E-state index is 13.5. The second-order valence-electron chi connectivity index (χ2n) is 8.22. The Morgan fingerprint density at radius 1 is 1.08 bits per heavy atom. The van der Waals surface area contributed by atoms with Crippen molar-refractivity contribution in [3.05, 3.63) is 80.0 Å². The number of nitrogens with zero attached hydrogens (tertiary/aromatic N) is 4. The Balaban J connectivity index is 1.88. The van der Waals surface area contributed by atoms with Crippen LogP contribution in [0.15, 0.2) is 58.1 Å². The quantitative estimate of drug-likeness (QED) is 0.363. The van der Waals surface area contributed by atoms with Crippen molar-refractivity contribution in [3.63, 3.8) is 0 Å². The predicted molar refractivity (Wildman–Crippen MR) is 129 cm³/mol. The molecule has 1 unspecified atom stereocenters. The molecule has 13 heteroatoms. The second kappa shape index (κ2) is 10.3. The number of aryl methyl sites for hydroxylation is 1. The minimum Gasteiger partial charge on any atom is -0.425 e. The van der Waals surface area contributed by atoms with Crippen LogP contribution in [0.4, 0.5) is 13.2 Å². The molecule has 2 aromatic heterocycles. The van der Waals surface area contributed by atoms with E-state index in [9.17, 15) is 27.9 Å². The molecule has 0 aliphatic carbocycles. The van der Waals surface area contributed by atoms with E-state index in [0.29, 0.717) is 17.0 Å². The first-order valence-electron chi connectivity index (χ1n) is 11.1. The van der Waals surface area contributed by atoms with Crippen LogP contribution in [0.25, 0.3) is 11.2 Å². The molecule has 0 spiro atoms. The van der Waals surface area contributed by atoms with Crippen molar-refractivity contribution in [2.45, 2.75) is 38.9 Å². The van der Waals surface area contributed by atoms with Gasteiger partial charge in [-0.25, -0.2) is 4.79 Å². The van der Waals surface area contributed by atoms with Crippen LogP contribution in [-0.4, -0.2) is 36.3 Å². The van der Waals surface area contributed by atoms with E-state index in [0.717, 1.165) is 21.3 Å². The molecule has 9 nitrogen and oxygen atoms in total. The van der Waals surface area contributed by atoms with Gasteiger partial charge >= 0.3 is 18.1 Å². The Bertz CT molecular complexity index is 1540. The van der Waals surface area contributed by atoms with Crippen molar-refractivity contribution in [3.8, 4) is 17.5 Å². The summed E-state index contributed by atoms with van der Waals surface area (Å²) in [5.74, 6) is -0.546. The van der Waals surface area contributed by atoms with Gasteiger partial charge in [0.05, 0.1) is 19.2 Å². The van der Waals surface area contributed by atoms with Gasteiger partial charge in [0.2, 0.25) is 0 Å². The smallest absolute Gasteiger partial charge is 0.425 e. The standard InChI is InChI=1S/C24H22ClF3N4O5/c1-3-16(33)13-32-21(34)19-20(30(2)23(32)35)29-22(31(19)12-14-7-9-15(25)10-8-14)36-17-5-4-6-18(11-17)37-24(26,27)28/h4-11,16,33H,3,12-13H2,1-2H3. The highest BCUT2D eigenvalue weighted by Crippen LogP contribution is 2.30. The number of fused-ring (bicyclic) bond motifs is 1. The van der Waals surface area contributed by atoms with Gasteiger partial charge in [0, 0.05) is 18.1 Å². The molecule has 0 saturated carbocycles. The molecule has 0 aliphatic rings. The fraction of sp³-hybridized carbons (Fsp3) is 0.292. The van der Waals surface area contributed by atoms with Crippen molar-refractivity contribution < 1.29 is 27.8 Å². The number of aromatic nitrogens is 4. The monoisotopic (exact) mass is 538 g/mol. The van der Waals surface area contributed by atoms with E-state index in [1.807, 2.05) is 0 Å². The average Bonchev–Trinajstić information content (AvgIpc) is 3.18. The highest BCUT2D eigenvalue weighted by atomic mass is 35.5. The van der Waals surface area contributed by atoms with Crippen LogP contribution >= 0.6 is 11.6 Å². The van der Waals surface area contributed by atoms with Gasteiger partial charge in [0.1, 0.15) is 11.5 Å². The lowest BCUT2D eigenvalue weighted by Gasteiger charge is -2.13. The van der Waals surface area contributed by atoms with Gasteiger partial charge in [-0.2, -0.15) is 4.98 Å². The molecule has 0 bridgehead atoms. The second-order valence-corrected chi connectivity index (χ2v) is 8.66. The number of halogens is 4. The summed E-state index contributed by atoms with van der Waals surface area (Å²) in [5, 5.41) is 10.6. The summed E-state index contributed by atoms with van der Waals surface area (Å²) in [4.78, 5) is 30.7. The number of aliphatic hydroxyl groups is 1. The van der Waals surface area contributed by atoms with E-state index >= 15 is 0 Å². The summed E-state index contributed by atoms with van der Waals surface area (Å²) in [7, 11) is 1.42. The lowest BCUT2D eigenvalue weighted by molar-refractivity contribution is -0.274. The van der Waals surface area contributed by atoms with E-state index in [2.05, 4.69) is 9.72 Å². The van der Waals surface area contributed by atoms with Crippen molar-refractivity contribution in [2.75, 3.05) is 0 Å². The van der Waals surface area contributed by atoms with Crippen molar-refractivity contribution >= 4 is 22.8 Å². The number of aliphatic hydroxyl groups excluding tert-OH is 1. The number of imidazole rings is 1. The minimum atomic E-state index is -4.90. The predicted octanol–water partition coefficient (Wildman–Crippen LogP) is 4.06. The van der Waals surface area contributed by atoms with E-state index in [-0.39, 0.29) is 36.0 Å². The van der Waals surface area contributed by atoms with E-state index < -0.39 is 29.5 Å². The van der Waals surface area contributed by atoms with Crippen LogP contribution in [0.3, 0.4) is 0 Å². The van der Waals surface area contributed by atoms with Gasteiger partial charge in [0.25, 0.3) is 5.56 Å². The number of alkyl halides is 3. The first kappa shape index (κ1) is 26.3. The fourth-order valence-electron chi connectivity index (χ4n) is 3.69. The zero-order chi connectivity index (χ0) is 26.9. The first-order chi connectivity index (χ1) is 17.5. The third-order valence-electron chi connectivity index (χ3n) is 5.56. The molecule has 4 aromatic rings. The number of rotatable bonds is 8. The van der Waals surface area contributed by atoms with Gasteiger partial charge in [-0.05, 0) is 36.2 Å². The summed E-state index contributed by atoms with van der Waals surface area (Å²) in [6.07, 6.45) is -5.50. The Kier molecular flexibility index (Phi) is 7.32. The molecule has 0 radical (unpaired) electrons. The van der Waals surface area contributed by atoms with Crippen LogP contribution in [0.5, 0.6) is 17.5 Å². The lowest BCUT2D eigenvalue weighted by atomic mass is 10.2. The van der Waals surface area contributed by atoms with Crippen molar-refractivity contribution in [2.24, 2.45) is 7.05 Å². The van der Waals surface area contributed by atoms with Crippen LogP contribution in [0.1, 0.15) is 18.9 Å². The number of benzene rings is 2. The van der Waals surface area contributed by atoms with Gasteiger partial charge in [0.15, 0.2) is 11.2 Å². The highest BCUT2D eigenvalue weighted by Gasteiger charge is 2.31. The summed E-state index contributed by atoms with van der Waals surface area (Å²) < 4.78 is 51.3. The largest absolute Gasteiger partial charge is 0.573 e. The molecule has 2 heterocycles. The van der Waals surface area contributed by atoms with E-state index in [4.69, 9.17) is 16.3 Å². The van der Waals surface area contributed by atoms with Crippen LogP contribution in [-0.2, 0) is 20.1 Å². The molecule has 1 N–H and O–H groups in total. The zero-order valence-corrected chi connectivity index (χ0v) is 20.5. The minimum absolute atomic E-state index is 0.00361. The molecule has 37 heavy (non-hydrogen) atoms. The van der Waals surface area contributed by atoms with E-state index in [1.165, 1.54) is 23.7 Å². The number of hydrogen-bond acceptors (Lipinski definition) is 6. The third-order valence-corrected chi connectivity index (χ3v) is 5.82. The third kappa shape index (κ3) is 5.81. The number of ether oxygens (including phenoxy) is 2. The fourth-order valence-corrected chi connectivity index (χ4v) is 3.82. The van der Waals surface area contributed by atoms with Crippen molar-refractivity contribution in [1.82, 2.24) is 18.7 Å². The Labute approximate surface area is 212 Å².